The van der Waals surface area contributed by atoms with Gasteiger partial charge in [0.25, 0.3) is 5.91 Å². The Morgan fingerprint density at radius 3 is 2.69 bits per heavy atom. The zero-order valence-corrected chi connectivity index (χ0v) is 21.1. The van der Waals surface area contributed by atoms with Crippen LogP contribution in [0.5, 0.6) is 11.5 Å². The minimum Gasteiger partial charge on any atom is -0.493 e. The molecule has 0 saturated carbocycles. The molecule has 198 valence electrons. The number of ether oxygens (including phenoxy) is 4. The first-order valence-corrected chi connectivity index (χ1v) is 12.5. The minimum atomic E-state index is -1.28. The molecule has 2 aliphatic rings. The second-order valence-corrected chi connectivity index (χ2v) is 8.70. The lowest BCUT2D eigenvalue weighted by molar-refractivity contribution is -0.143. The highest BCUT2D eigenvalue weighted by Gasteiger charge is 2.44. The number of aliphatic hydroxyl groups is 1. The molecule has 1 aromatic carbocycles. The fraction of sp³-hybridized carbons (Fsp3) is 0.577. The lowest BCUT2D eigenvalue weighted by Crippen LogP contribution is -2.55. The summed E-state index contributed by atoms with van der Waals surface area (Å²) in [4.78, 5) is 40.7. The molecule has 10 nitrogen and oxygen atoms in total. The Labute approximate surface area is 211 Å². The highest BCUT2D eigenvalue weighted by Crippen LogP contribution is 2.41. The fourth-order valence-corrected chi connectivity index (χ4v) is 4.55. The van der Waals surface area contributed by atoms with Crippen LogP contribution in [0.4, 0.5) is 10.5 Å². The SMILES string of the molecule is C=CCOC(=O)N1c2cc(OCCCCCC(=O)OCC)c(OC)cc2C(=O)N2CCCC[C@H]2C1O. The molecule has 1 N–H and O–H groups in total. The van der Waals surface area contributed by atoms with E-state index >= 15 is 0 Å². The summed E-state index contributed by atoms with van der Waals surface area (Å²) in [6.45, 7) is 6.50. The number of rotatable bonds is 11. The molecule has 0 aliphatic carbocycles. The van der Waals surface area contributed by atoms with E-state index in [4.69, 9.17) is 18.9 Å². The Morgan fingerprint density at radius 1 is 1.17 bits per heavy atom. The highest BCUT2D eigenvalue weighted by molar-refractivity contribution is 6.05. The van der Waals surface area contributed by atoms with Crippen molar-refractivity contribution in [1.29, 1.82) is 0 Å². The standard InChI is InChI=1S/C26H36N2O8/c1-4-14-36-26(32)28-20-17-22(35-15-10-6-7-12-23(29)34-5-2)21(33-3)16-18(20)24(30)27-13-9-8-11-19(27)25(28)31/h4,16-17,19,25,31H,1,5-15H2,2-3H3/t19-,25?/m0/s1. The van der Waals surface area contributed by atoms with Crippen LogP contribution in [0.25, 0.3) is 0 Å². The van der Waals surface area contributed by atoms with Crippen LogP contribution in [0.3, 0.4) is 0 Å². The quantitative estimate of drug-likeness (QED) is 0.276. The monoisotopic (exact) mass is 504 g/mol. The lowest BCUT2D eigenvalue weighted by Gasteiger charge is -2.38. The first-order valence-electron chi connectivity index (χ1n) is 12.5. The van der Waals surface area contributed by atoms with E-state index in [0.29, 0.717) is 56.9 Å². The van der Waals surface area contributed by atoms with Gasteiger partial charge < -0.3 is 29.0 Å². The molecule has 1 aromatic rings. The number of amides is 2. The van der Waals surface area contributed by atoms with Crippen molar-refractivity contribution < 1.29 is 38.4 Å². The van der Waals surface area contributed by atoms with Gasteiger partial charge in [-0.05, 0) is 51.5 Å². The molecule has 2 amide bonds. The second-order valence-electron chi connectivity index (χ2n) is 8.70. The normalized spacial score (nSPS) is 19.0. The van der Waals surface area contributed by atoms with Gasteiger partial charge in [0.1, 0.15) is 6.61 Å². The highest BCUT2D eigenvalue weighted by atomic mass is 16.6. The average molecular weight is 505 g/mol. The van der Waals surface area contributed by atoms with Crippen molar-refractivity contribution in [3.63, 3.8) is 0 Å². The summed E-state index contributed by atoms with van der Waals surface area (Å²) in [6, 6.07) is 2.54. The minimum absolute atomic E-state index is 0.0367. The average Bonchev–Trinajstić information content (AvgIpc) is 2.97. The van der Waals surface area contributed by atoms with Crippen molar-refractivity contribution in [1.82, 2.24) is 4.90 Å². The summed E-state index contributed by atoms with van der Waals surface area (Å²) in [7, 11) is 1.48. The molecule has 2 atom stereocenters. The largest absolute Gasteiger partial charge is 0.493 e. The molecule has 36 heavy (non-hydrogen) atoms. The van der Waals surface area contributed by atoms with E-state index in [1.165, 1.54) is 13.2 Å². The van der Waals surface area contributed by atoms with Gasteiger partial charge in [-0.2, -0.15) is 0 Å². The van der Waals surface area contributed by atoms with E-state index in [1.807, 2.05) is 0 Å². The summed E-state index contributed by atoms with van der Waals surface area (Å²) in [5, 5.41) is 11.2. The number of aliphatic hydroxyl groups excluding tert-OH is 1. The number of fused-ring (bicyclic) bond motifs is 2. The number of carbonyl (C=O) groups is 3. The number of anilines is 1. The number of hydrogen-bond donors (Lipinski definition) is 1. The van der Waals surface area contributed by atoms with Crippen molar-refractivity contribution in [2.24, 2.45) is 0 Å². The Hall–Kier alpha value is -3.27. The van der Waals surface area contributed by atoms with Gasteiger partial charge in [0, 0.05) is 19.0 Å². The van der Waals surface area contributed by atoms with E-state index in [1.54, 1.807) is 24.0 Å². The van der Waals surface area contributed by atoms with Crippen molar-refractivity contribution in [2.45, 2.75) is 64.1 Å². The zero-order chi connectivity index (χ0) is 26.1. The van der Waals surface area contributed by atoms with E-state index in [-0.39, 0.29) is 29.7 Å². The Bertz CT molecular complexity index is 950. The van der Waals surface area contributed by atoms with E-state index in [2.05, 4.69) is 6.58 Å². The molecule has 0 bridgehead atoms. The molecule has 0 aromatic heterocycles. The van der Waals surface area contributed by atoms with Crippen LogP contribution >= 0.6 is 0 Å². The van der Waals surface area contributed by atoms with Gasteiger partial charge in [0.2, 0.25) is 0 Å². The third kappa shape index (κ3) is 6.29. The number of hydrogen-bond acceptors (Lipinski definition) is 8. The van der Waals surface area contributed by atoms with Crippen LogP contribution in [0.1, 0.15) is 62.2 Å². The maximum absolute atomic E-state index is 13.5. The molecule has 2 heterocycles. The molecule has 10 heteroatoms. The summed E-state index contributed by atoms with van der Waals surface area (Å²) in [5.74, 6) is 0.186. The lowest BCUT2D eigenvalue weighted by atomic mass is 10.0. The van der Waals surface area contributed by atoms with Gasteiger partial charge in [-0.15, -0.1) is 0 Å². The molecule has 3 rings (SSSR count). The van der Waals surface area contributed by atoms with Gasteiger partial charge in [0.05, 0.1) is 37.6 Å². The van der Waals surface area contributed by atoms with E-state index < -0.39 is 18.4 Å². The van der Waals surface area contributed by atoms with E-state index in [9.17, 15) is 19.5 Å². The number of benzene rings is 1. The summed E-state index contributed by atoms with van der Waals surface area (Å²) >= 11 is 0. The topological polar surface area (TPSA) is 115 Å². The van der Waals surface area contributed by atoms with Crippen LogP contribution < -0.4 is 14.4 Å². The van der Waals surface area contributed by atoms with Crippen LogP contribution in [0, 0.1) is 0 Å². The maximum Gasteiger partial charge on any atom is 0.416 e. The summed E-state index contributed by atoms with van der Waals surface area (Å²) in [6.07, 6.45) is 4.09. The first-order chi connectivity index (χ1) is 17.4. The smallest absolute Gasteiger partial charge is 0.416 e. The Kier molecular flexibility index (Phi) is 9.98. The van der Waals surface area contributed by atoms with Crippen molar-refractivity contribution in [3.8, 4) is 11.5 Å². The van der Waals surface area contributed by atoms with Crippen LogP contribution in [-0.2, 0) is 14.3 Å². The van der Waals surface area contributed by atoms with E-state index in [0.717, 1.165) is 24.2 Å². The number of nitrogens with zero attached hydrogens (tertiary/aromatic N) is 2. The van der Waals surface area contributed by atoms with Gasteiger partial charge in [0.15, 0.2) is 17.7 Å². The first kappa shape index (κ1) is 27.3. The van der Waals surface area contributed by atoms with Crippen LogP contribution in [0.2, 0.25) is 0 Å². The number of methoxy groups -OCH3 is 1. The maximum atomic E-state index is 13.5. The molecule has 1 fully saturated rings. The molecular formula is C26H36N2O8. The van der Waals surface area contributed by atoms with Gasteiger partial charge in [-0.25, -0.2) is 9.69 Å². The van der Waals surface area contributed by atoms with Gasteiger partial charge >= 0.3 is 12.1 Å². The molecular weight excluding hydrogens is 468 g/mol. The number of esters is 1. The molecule has 1 unspecified atom stereocenters. The van der Waals surface area contributed by atoms with Crippen LogP contribution in [0.15, 0.2) is 24.8 Å². The van der Waals surface area contributed by atoms with Crippen molar-refractivity contribution in [2.75, 3.05) is 38.4 Å². The van der Waals surface area contributed by atoms with Crippen molar-refractivity contribution >= 4 is 23.7 Å². The second kappa shape index (κ2) is 13.2. The van der Waals surface area contributed by atoms with Gasteiger partial charge in [-0.3, -0.25) is 9.59 Å². The fourth-order valence-electron chi connectivity index (χ4n) is 4.55. The zero-order valence-electron chi connectivity index (χ0n) is 21.1. The predicted molar refractivity (Wildman–Crippen MR) is 132 cm³/mol. The summed E-state index contributed by atoms with van der Waals surface area (Å²) in [5.41, 5.74) is 0.432. The molecule has 2 aliphatic heterocycles. The van der Waals surface area contributed by atoms with Gasteiger partial charge in [-0.1, -0.05) is 12.7 Å². The van der Waals surface area contributed by atoms with Crippen molar-refractivity contribution in [3.05, 3.63) is 30.4 Å². The molecule has 0 spiro atoms. The Morgan fingerprint density at radius 2 is 1.97 bits per heavy atom. The number of piperidine rings is 1. The third-order valence-corrected chi connectivity index (χ3v) is 6.30. The Balaban J connectivity index is 1.84. The number of unbranched alkanes of at least 4 members (excludes halogenated alkanes) is 2. The third-order valence-electron chi connectivity index (χ3n) is 6.30. The predicted octanol–water partition coefficient (Wildman–Crippen LogP) is 3.65. The molecule has 1 saturated heterocycles. The summed E-state index contributed by atoms with van der Waals surface area (Å²) < 4.78 is 21.6. The number of carbonyl (C=O) groups excluding carboxylic acids is 3. The van der Waals surface area contributed by atoms with Crippen LogP contribution in [-0.4, -0.2) is 73.7 Å². The molecule has 0 radical (unpaired) electrons.